The van der Waals surface area contributed by atoms with E-state index in [1.165, 1.54) is 6.92 Å². The molecule has 0 unspecified atom stereocenters. The van der Waals surface area contributed by atoms with E-state index in [1.54, 1.807) is 17.1 Å². The fraction of sp³-hybridized carbons (Fsp3) is 0.632. The molecule has 150 valence electrons. The fourth-order valence-electron chi connectivity index (χ4n) is 4.02. The van der Waals surface area contributed by atoms with Gasteiger partial charge >= 0.3 is 0 Å². The number of amides is 2. The molecule has 2 atom stereocenters. The number of ether oxygens (including phenoxy) is 1. The highest BCUT2D eigenvalue weighted by molar-refractivity contribution is 5.81. The number of fused-ring (bicyclic) bond motifs is 1. The number of nitrogens with zero attached hydrogens (tertiary/aromatic N) is 5. The maximum absolute atomic E-state index is 12.8. The van der Waals surface area contributed by atoms with Gasteiger partial charge in [-0.05, 0) is 25.7 Å². The molecule has 2 fully saturated rings. The zero-order chi connectivity index (χ0) is 19.5. The molecule has 2 aliphatic rings. The van der Waals surface area contributed by atoms with Crippen LogP contribution in [0.2, 0.25) is 0 Å². The summed E-state index contributed by atoms with van der Waals surface area (Å²) in [5.41, 5.74) is 2.37. The Morgan fingerprint density at radius 1 is 1.25 bits per heavy atom. The highest BCUT2D eigenvalue weighted by Gasteiger charge is 2.35. The smallest absolute Gasteiger partial charge is 0.251 e. The van der Waals surface area contributed by atoms with Crippen molar-refractivity contribution in [2.75, 3.05) is 26.2 Å². The van der Waals surface area contributed by atoms with Crippen molar-refractivity contribution in [3.8, 4) is 0 Å². The van der Waals surface area contributed by atoms with Gasteiger partial charge in [0.15, 0.2) is 5.65 Å². The maximum atomic E-state index is 12.8. The first kappa shape index (κ1) is 18.8. The minimum atomic E-state index is -0.292. The van der Waals surface area contributed by atoms with E-state index in [-0.39, 0.29) is 23.8 Å². The van der Waals surface area contributed by atoms with Gasteiger partial charge in [-0.1, -0.05) is 0 Å². The summed E-state index contributed by atoms with van der Waals surface area (Å²) in [6.07, 6.45) is 6.77. The molecule has 2 amide bonds. The molecule has 2 saturated heterocycles. The van der Waals surface area contributed by atoms with Crippen molar-refractivity contribution in [3.63, 3.8) is 0 Å². The van der Waals surface area contributed by atoms with Gasteiger partial charge in [-0.25, -0.2) is 14.6 Å². The Hall–Kier alpha value is -2.55. The SMILES string of the molecule is CC(=O)NCCn1nc([C@H]2CCN(C(=O)[C@H]3CCCCO3)C2)c2nccnc21. The maximum Gasteiger partial charge on any atom is 0.251 e. The van der Waals surface area contributed by atoms with Gasteiger partial charge in [-0.3, -0.25) is 9.59 Å². The highest BCUT2D eigenvalue weighted by Crippen LogP contribution is 2.31. The molecule has 1 N–H and O–H groups in total. The van der Waals surface area contributed by atoms with E-state index in [4.69, 9.17) is 9.84 Å². The molecular weight excluding hydrogens is 360 g/mol. The average Bonchev–Trinajstić information content (AvgIpc) is 3.33. The van der Waals surface area contributed by atoms with E-state index >= 15 is 0 Å². The largest absolute Gasteiger partial charge is 0.368 e. The van der Waals surface area contributed by atoms with Crippen LogP contribution in [-0.4, -0.2) is 68.8 Å². The average molecular weight is 386 g/mol. The summed E-state index contributed by atoms with van der Waals surface area (Å²) >= 11 is 0. The lowest BCUT2D eigenvalue weighted by Gasteiger charge is -2.26. The lowest BCUT2D eigenvalue weighted by atomic mass is 10.0. The lowest BCUT2D eigenvalue weighted by Crippen LogP contribution is -2.40. The van der Waals surface area contributed by atoms with E-state index in [1.807, 2.05) is 4.90 Å². The topological polar surface area (TPSA) is 102 Å². The number of nitrogens with one attached hydrogen (secondary N) is 1. The second kappa shape index (κ2) is 8.22. The van der Waals surface area contributed by atoms with E-state index in [0.717, 1.165) is 36.9 Å². The van der Waals surface area contributed by atoms with Gasteiger partial charge in [0.05, 0.1) is 12.2 Å². The fourth-order valence-corrected chi connectivity index (χ4v) is 4.02. The van der Waals surface area contributed by atoms with Crippen molar-refractivity contribution in [3.05, 3.63) is 18.1 Å². The molecule has 2 aromatic heterocycles. The zero-order valence-electron chi connectivity index (χ0n) is 16.1. The van der Waals surface area contributed by atoms with Gasteiger partial charge < -0.3 is 15.0 Å². The second-order valence-electron chi connectivity index (χ2n) is 7.44. The normalized spacial score (nSPS) is 22.5. The number of rotatable bonds is 5. The molecule has 9 heteroatoms. The molecule has 0 bridgehead atoms. The molecule has 0 aromatic carbocycles. The Morgan fingerprint density at radius 3 is 2.89 bits per heavy atom. The standard InChI is InChI=1S/C19H26N6O3/c1-13(26)20-8-10-25-18-17(21-6-7-22-18)16(23-25)14-5-9-24(12-14)19(27)15-4-2-3-11-28-15/h6-7,14-15H,2-5,8-12H2,1H3,(H,20,26)/t14-,15+/m0/s1. The Bertz CT molecular complexity index is 860. The van der Waals surface area contributed by atoms with Crippen LogP contribution in [0, 0.1) is 0 Å². The highest BCUT2D eigenvalue weighted by atomic mass is 16.5. The van der Waals surface area contributed by atoms with Crippen molar-refractivity contribution in [1.29, 1.82) is 0 Å². The molecule has 2 aliphatic heterocycles. The van der Waals surface area contributed by atoms with Crippen molar-refractivity contribution in [1.82, 2.24) is 30.0 Å². The summed E-state index contributed by atoms with van der Waals surface area (Å²) < 4.78 is 7.46. The predicted octanol–water partition coefficient (Wildman–Crippen LogP) is 0.847. The minimum Gasteiger partial charge on any atom is -0.368 e. The van der Waals surface area contributed by atoms with Crippen LogP contribution in [0.5, 0.6) is 0 Å². The Kier molecular flexibility index (Phi) is 5.52. The van der Waals surface area contributed by atoms with Gasteiger partial charge in [0.25, 0.3) is 5.91 Å². The van der Waals surface area contributed by atoms with Crippen LogP contribution in [0.1, 0.15) is 44.2 Å². The molecule has 2 aromatic rings. The summed E-state index contributed by atoms with van der Waals surface area (Å²) in [6, 6.07) is 0. The first-order valence-corrected chi connectivity index (χ1v) is 9.95. The quantitative estimate of drug-likeness (QED) is 0.817. The van der Waals surface area contributed by atoms with Gasteiger partial charge in [-0.2, -0.15) is 5.10 Å². The van der Waals surface area contributed by atoms with Gasteiger partial charge in [0.1, 0.15) is 11.6 Å². The van der Waals surface area contributed by atoms with Crippen LogP contribution < -0.4 is 5.32 Å². The molecule has 9 nitrogen and oxygen atoms in total. The third-order valence-electron chi connectivity index (χ3n) is 5.43. The molecule has 0 radical (unpaired) electrons. The Balaban J connectivity index is 1.49. The monoisotopic (exact) mass is 386 g/mol. The van der Waals surface area contributed by atoms with Crippen LogP contribution in [-0.2, 0) is 20.9 Å². The molecule has 0 aliphatic carbocycles. The summed E-state index contributed by atoms with van der Waals surface area (Å²) in [5, 5.41) is 7.53. The van der Waals surface area contributed by atoms with Crippen LogP contribution in [0.25, 0.3) is 11.2 Å². The van der Waals surface area contributed by atoms with Gasteiger partial charge in [0, 0.05) is 51.5 Å². The van der Waals surface area contributed by atoms with Gasteiger partial charge in [0.2, 0.25) is 5.91 Å². The van der Waals surface area contributed by atoms with Crippen LogP contribution >= 0.6 is 0 Å². The Labute approximate surface area is 163 Å². The molecule has 28 heavy (non-hydrogen) atoms. The zero-order valence-corrected chi connectivity index (χ0v) is 16.1. The van der Waals surface area contributed by atoms with Crippen LogP contribution in [0.3, 0.4) is 0 Å². The van der Waals surface area contributed by atoms with E-state index in [2.05, 4.69) is 15.3 Å². The number of aromatic nitrogens is 4. The van der Waals surface area contributed by atoms with Crippen molar-refractivity contribution in [2.24, 2.45) is 0 Å². The number of likely N-dealkylation sites (tertiary alicyclic amines) is 1. The van der Waals surface area contributed by atoms with Gasteiger partial charge in [-0.15, -0.1) is 0 Å². The minimum absolute atomic E-state index is 0.0716. The molecule has 4 rings (SSSR count). The first-order valence-electron chi connectivity index (χ1n) is 9.95. The summed E-state index contributed by atoms with van der Waals surface area (Å²) in [5.74, 6) is 0.161. The van der Waals surface area contributed by atoms with Crippen molar-refractivity contribution >= 4 is 23.0 Å². The number of carbonyl (C=O) groups excluding carboxylic acids is 2. The van der Waals surface area contributed by atoms with Crippen molar-refractivity contribution in [2.45, 2.75) is 51.2 Å². The summed E-state index contributed by atoms with van der Waals surface area (Å²) in [4.78, 5) is 34.7. The number of hydrogen-bond donors (Lipinski definition) is 1. The van der Waals surface area contributed by atoms with E-state index in [0.29, 0.717) is 38.4 Å². The van der Waals surface area contributed by atoms with Crippen LogP contribution in [0.15, 0.2) is 12.4 Å². The number of hydrogen-bond acceptors (Lipinski definition) is 6. The molecular formula is C19H26N6O3. The van der Waals surface area contributed by atoms with Crippen LogP contribution in [0.4, 0.5) is 0 Å². The molecule has 0 spiro atoms. The first-order chi connectivity index (χ1) is 13.6. The summed E-state index contributed by atoms with van der Waals surface area (Å²) in [7, 11) is 0. The van der Waals surface area contributed by atoms with E-state index in [9.17, 15) is 9.59 Å². The third kappa shape index (κ3) is 3.84. The number of carbonyl (C=O) groups is 2. The summed E-state index contributed by atoms with van der Waals surface area (Å²) in [6.45, 7) is 4.52. The second-order valence-corrected chi connectivity index (χ2v) is 7.44. The predicted molar refractivity (Wildman–Crippen MR) is 102 cm³/mol. The van der Waals surface area contributed by atoms with Crippen molar-refractivity contribution < 1.29 is 14.3 Å². The lowest BCUT2D eigenvalue weighted by molar-refractivity contribution is -0.145. The molecule has 4 heterocycles. The third-order valence-corrected chi connectivity index (χ3v) is 5.43. The Morgan fingerprint density at radius 2 is 2.11 bits per heavy atom. The van der Waals surface area contributed by atoms with E-state index < -0.39 is 0 Å². The molecule has 0 saturated carbocycles.